The van der Waals surface area contributed by atoms with Crippen molar-refractivity contribution >= 4 is 64.5 Å². The average Bonchev–Trinajstić information content (AvgIpc) is 3.13. The van der Waals surface area contributed by atoms with Crippen molar-refractivity contribution in [3.63, 3.8) is 0 Å². The van der Waals surface area contributed by atoms with E-state index < -0.39 is 23.0 Å². The van der Waals surface area contributed by atoms with Crippen molar-refractivity contribution in [2.75, 3.05) is 17.2 Å². The Morgan fingerprint density at radius 3 is 2.12 bits per heavy atom. The number of hydrogen-bond donors (Lipinski definition) is 4. The number of amides is 3. The molecule has 5 aromatic carbocycles. The van der Waals surface area contributed by atoms with Crippen molar-refractivity contribution in [3.8, 4) is 5.75 Å². The number of carbonyl (C=O) groups excluding carboxylic acids is 3. The van der Waals surface area contributed by atoms with Gasteiger partial charge in [-0.1, -0.05) is 78.3 Å². The van der Waals surface area contributed by atoms with E-state index >= 15 is 0 Å². The number of thioether (sulfide) groups is 1. The lowest BCUT2D eigenvalue weighted by Crippen LogP contribution is -2.30. The van der Waals surface area contributed by atoms with Crippen LogP contribution in [0, 0.1) is 0 Å². The maximum Gasteiger partial charge on any atom is 0.337 e. The van der Waals surface area contributed by atoms with E-state index in [0.29, 0.717) is 34.9 Å². The summed E-state index contributed by atoms with van der Waals surface area (Å²) >= 11 is 7.29. The fourth-order valence-corrected chi connectivity index (χ4v) is 6.03. The molecule has 0 aliphatic carbocycles. The van der Waals surface area contributed by atoms with E-state index in [1.165, 1.54) is 30.0 Å². The van der Waals surface area contributed by atoms with Crippen LogP contribution in [0.1, 0.15) is 44.0 Å². The van der Waals surface area contributed by atoms with Gasteiger partial charge in [0, 0.05) is 27.4 Å². The maximum atomic E-state index is 13.6. The van der Waals surface area contributed by atoms with Gasteiger partial charge in [-0.15, -0.1) is 11.8 Å². The number of aromatic carboxylic acids is 1. The fourth-order valence-electron chi connectivity index (χ4n) is 4.81. The molecule has 1 unspecified atom stereocenters. The SMILES string of the molecule is CCOc1ccccc1/C=C(\NC(=O)c1ccccc1)C(=O)Nc1ccc(SC(C(=O)Nc2ccc(Cl)c(C(=O)O)c2)c2ccccc2)cc1. The second kappa shape index (κ2) is 17.0. The zero-order valence-electron chi connectivity index (χ0n) is 26.8. The number of carboxylic acids is 1. The number of ether oxygens (including phenoxy) is 1. The maximum absolute atomic E-state index is 13.6. The number of benzene rings is 5. The van der Waals surface area contributed by atoms with Crippen LogP contribution in [0.15, 0.2) is 138 Å². The van der Waals surface area contributed by atoms with Crippen LogP contribution in [0.2, 0.25) is 5.02 Å². The molecule has 0 radical (unpaired) electrons. The Bertz CT molecular complexity index is 2020. The summed E-state index contributed by atoms with van der Waals surface area (Å²) in [5.41, 5.74) is 2.38. The van der Waals surface area contributed by atoms with Crippen molar-refractivity contribution in [3.05, 3.63) is 160 Å². The summed E-state index contributed by atoms with van der Waals surface area (Å²) in [6, 6.07) is 36.2. The van der Waals surface area contributed by atoms with Gasteiger partial charge in [-0.05, 0) is 79.2 Å². The van der Waals surface area contributed by atoms with Crippen LogP contribution in [0.5, 0.6) is 5.75 Å². The summed E-state index contributed by atoms with van der Waals surface area (Å²) in [5, 5.41) is 17.2. The lowest BCUT2D eigenvalue weighted by Gasteiger charge is -2.18. The van der Waals surface area contributed by atoms with Gasteiger partial charge in [0.1, 0.15) is 16.7 Å². The number of anilines is 2. The molecule has 252 valence electrons. The topological polar surface area (TPSA) is 134 Å². The third-order valence-corrected chi connectivity index (χ3v) is 8.81. The number of hydrogen-bond acceptors (Lipinski definition) is 6. The Morgan fingerprint density at radius 1 is 0.800 bits per heavy atom. The Hall–Kier alpha value is -5.84. The summed E-state index contributed by atoms with van der Waals surface area (Å²) in [7, 11) is 0. The van der Waals surface area contributed by atoms with Gasteiger partial charge in [-0.2, -0.15) is 0 Å². The molecular weight excluding hydrogens is 674 g/mol. The smallest absolute Gasteiger partial charge is 0.337 e. The third-order valence-electron chi connectivity index (χ3n) is 7.22. The summed E-state index contributed by atoms with van der Waals surface area (Å²) in [5.74, 6) is -2.01. The van der Waals surface area contributed by atoms with Crippen LogP contribution in [-0.2, 0) is 9.59 Å². The summed E-state index contributed by atoms with van der Waals surface area (Å²) in [4.78, 5) is 52.5. The average molecular weight is 706 g/mol. The normalized spacial score (nSPS) is 11.6. The number of halogens is 1. The molecule has 0 spiro atoms. The quantitative estimate of drug-likeness (QED) is 0.0715. The first-order valence-corrected chi connectivity index (χ1v) is 16.7. The molecule has 0 aliphatic rings. The van der Waals surface area contributed by atoms with E-state index in [1.807, 2.05) is 49.4 Å². The first-order chi connectivity index (χ1) is 24.2. The molecule has 11 heteroatoms. The molecule has 0 fully saturated rings. The number of rotatable bonds is 13. The molecule has 0 bridgehead atoms. The minimum atomic E-state index is -1.20. The molecule has 9 nitrogen and oxygen atoms in total. The van der Waals surface area contributed by atoms with Crippen molar-refractivity contribution in [1.29, 1.82) is 0 Å². The number of carboxylic acid groups (broad SMARTS) is 1. The van der Waals surface area contributed by atoms with Crippen LogP contribution < -0.4 is 20.7 Å². The van der Waals surface area contributed by atoms with Gasteiger partial charge in [-0.25, -0.2) is 4.79 Å². The van der Waals surface area contributed by atoms with E-state index in [-0.39, 0.29) is 22.2 Å². The van der Waals surface area contributed by atoms with Crippen LogP contribution in [0.25, 0.3) is 6.08 Å². The largest absolute Gasteiger partial charge is 0.493 e. The Labute approximate surface area is 298 Å². The van der Waals surface area contributed by atoms with E-state index in [9.17, 15) is 24.3 Å². The van der Waals surface area contributed by atoms with Crippen molar-refractivity contribution in [2.45, 2.75) is 17.1 Å². The van der Waals surface area contributed by atoms with Gasteiger partial charge in [-0.3, -0.25) is 14.4 Å². The number of nitrogens with one attached hydrogen (secondary N) is 3. The van der Waals surface area contributed by atoms with Gasteiger partial charge in [0.2, 0.25) is 5.91 Å². The first kappa shape index (κ1) is 35.5. The first-order valence-electron chi connectivity index (χ1n) is 15.5. The Morgan fingerprint density at radius 2 is 1.44 bits per heavy atom. The van der Waals surface area contributed by atoms with Crippen LogP contribution in [0.3, 0.4) is 0 Å². The highest BCUT2D eigenvalue weighted by Gasteiger charge is 2.23. The molecule has 0 heterocycles. The second-order valence-corrected chi connectivity index (χ2v) is 12.3. The lowest BCUT2D eigenvalue weighted by molar-refractivity contribution is -0.116. The molecule has 3 amide bonds. The molecule has 50 heavy (non-hydrogen) atoms. The van der Waals surface area contributed by atoms with Crippen molar-refractivity contribution in [1.82, 2.24) is 5.32 Å². The standard InChI is InChI=1S/C39H32ClN3O6S/c1-2-49-34-16-10-9-15-27(34)23-33(43-36(44)26-13-7-4-8-14-26)37(45)41-28-17-20-30(21-18-28)50-35(25-11-5-3-6-12-25)38(46)42-29-19-22-32(40)31(24-29)39(47)48/h3-24,35H,2H2,1H3,(H,41,45)(H,42,46)(H,43,44)(H,47,48)/b33-23-. The minimum Gasteiger partial charge on any atom is -0.493 e. The summed E-state index contributed by atoms with van der Waals surface area (Å²) in [6.07, 6.45) is 1.56. The molecule has 0 aliphatic heterocycles. The van der Waals surface area contributed by atoms with Gasteiger partial charge >= 0.3 is 5.97 Å². The highest BCUT2D eigenvalue weighted by molar-refractivity contribution is 8.00. The molecule has 0 aromatic heterocycles. The monoisotopic (exact) mass is 705 g/mol. The summed E-state index contributed by atoms with van der Waals surface area (Å²) < 4.78 is 5.72. The Kier molecular flexibility index (Phi) is 12.1. The minimum absolute atomic E-state index is 0.0125. The van der Waals surface area contributed by atoms with Gasteiger partial charge in [0.05, 0.1) is 17.2 Å². The third kappa shape index (κ3) is 9.40. The zero-order valence-corrected chi connectivity index (χ0v) is 28.3. The molecule has 0 saturated carbocycles. The molecule has 0 saturated heterocycles. The number of carbonyl (C=O) groups is 4. The van der Waals surface area contributed by atoms with E-state index in [2.05, 4.69) is 16.0 Å². The highest BCUT2D eigenvalue weighted by Crippen LogP contribution is 2.37. The van der Waals surface area contributed by atoms with E-state index in [0.717, 1.165) is 10.5 Å². The lowest BCUT2D eigenvalue weighted by atomic mass is 10.1. The van der Waals surface area contributed by atoms with Crippen molar-refractivity contribution < 1.29 is 29.0 Å². The molecule has 1 atom stereocenters. The second-order valence-electron chi connectivity index (χ2n) is 10.7. The molecular formula is C39H32ClN3O6S. The molecule has 4 N–H and O–H groups in total. The fraction of sp³-hybridized carbons (Fsp3) is 0.0769. The van der Waals surface area contributed by atoms with Crippen molar-refractivity contribution in [2.24, 2.45) is 0 Å². The zero-order chi connectivity index (χ0) is 35.5. The Balaban J connectivity index is 1.35. The predicted octanol–water partition coefficient (Wildman–Crippen LogP) is 8.32. The predicted molar refractivity (Wildman–Crippen MR) is 197 cm³/mol. The van der Waals surface area contributed by atoms with E-state index in [4.69, 9.17) is 16.3 Å². The van der Waals surface area contributed by atoms with E-state index in [1.54, 1.807) is 72.8 Å². The molecule has 5 rings (SSSR count). The summed E-state index contributed by atoms with van der Waals surface area (Å²) in [6.45, 7) is 2.28. The number of para-hydroxylation sites is 1. The van der Waals surface area contributed by atoms with Crippen LogP contribution >= 0.6 is 23.4 Å². The molecule has 5 aromatic rings. The van der Waals surface area contributed by atoms with Crippen LogP contribution in [0.4, 0.5) is 11.4 Å². The van der Waals surface area contributed by atoms with Gasteiger partial charge in [0.25, 0.3) is 11.8 Å². The van der Waals surface area contributed by atoms with Gasteiger partial charge < -0.3 is 25.8 Å². The highest BCUT2D eigenvalue weighted by atomic mass is 35.5. The van der Waals surface area contributed by atoms with Crippen LogP contribution in [-0.4, -0.2) is 35.4 Å². The van der Waals surface area contributed by atoms with Gasteiger partial charge in [0.15, 0.2) is 0 Å².